The molecule has 2 unspecified atom stereocenters. The first-order chi connectivity index (χ1) is 10.5. The van der Waals surface area contributed by atoms with Crippen LogP contribution in [0.3, 0.4) is 0 Å². The number of nitro groups is 1. The van der Waals surface area contributed by atoms with E-state index in [9.17, 15) is 10.1 Å². The molecule has 0 radical (unpaired) electrons. The van der Waals surface area contributed by atoms with E-state index in [4.69, 9.17) is 23.2 Å². The molecule has 7 heteroatoms. The number of nitrogens with zero attached hydrogens (tertiary/aromatic N) is 3. The molecule has 0 aromatic heterocycles. The van der Waals surface area contributed by atoms with Crippen molar-refractivity contribution in [2.24, 2.45) is 5.92 Å². The van der Waals surface area contributed by atoms with Gasteiger partial charge in [-0.25, -0.2) is 0 Å². The largest absolute Gasteiger partial charge is 0.369 e. The minimum Gasteiger partial charge on any atom is -0.369 e. The summed E-state index contributed by atoms with van der Waals surface area (Å²) < 4.78 is 0. The molecule has 3 rings (SSSR count). The Hall–Kier alpha value is -1.04. The number of non-ortho nitro benzene ring substituents is 1. The zero-order valence-corrected chi connectivity index (χ0v) is 14.0. The molecule has 5 nitrogen and oxygen atoms in total. The van der Waals surface area contributed by atoms with Gasteiger partial charge in [-0.05, 0) is 38.8 Å². The smallest absolute Gasteiger partial charge is 0.272 e. The predicted octanol–water partition coefficient (Wildman–Crippen LogP) is 3.82. The number of anilines is 1. The van der Waals surface area contributed by atoms with Crippen molar-refractivity contribution in [2.45, 2.75) is 25.3 Å². The van der Waals surface area contributed by atoms with E-state index in [1.54, 1.807) is 0 Å². The van der Waals surface area contributed by atoms with Gasteiger partial charge in [-0.1, -0.05) is 23.2 Å². The third-order valence-electron chi connectivity index (χ3n) is 4.87. The van der Waals surface area contributed by atoms with Crippen molar-refractivity contribution in [1.29, 1.82) is 0 Å². The summed E-state index contributed by atoms with van der Waals surface area (Å²) in [5.74, 6) is 0.606. The molecule has 2 fully saturated rings. The van der Waals surface area contributed by atoms with E-state index < -0.39 is 4.92 Å². The van der Waals surface area contributed by atoms with Crippen molar-refractivity contribution in [3.63, 3.8) is 0 Å². The second-order valence-electron chi connectivity index (χ2n) is 6.20. The molecule has 2 aliphatic heterocycles. The molecule has 2 saturated heterocycles. The maximum atomic E-state index is 10.9. The van der Waals surface area contributed by atoms with Crippen molar-refractivity contribution in [1.82, 2.24) is 4.90 Å². The lowest BCUT2D eigenvalue weighted by Gasteiger charge is -2.46. The Morgan fingerprint density at radius 3 is 2.55 bits per heavy atom. The van der Waals surface area contributed by atoms with Crippen LogP contribution >= 0.6 is 23.2 Å². The van der Waals surface area contributed by atoms with E-state index in [-0.39, 0.29) is 5.69 Å². The van der Waals surface area contributed by atoms with E-state index in [2.05, 4.69) is 16.8 Å². The molecule has 1 aromatic rings. The third-order valence-corrected chi connectivity index (χ3v) is 5.45. The number of fused-ring (bicyclic) bond motifs is 1. The third kappa shape index (κ3) is 2.90. The summed E-state index contributed by atoms with van der Waals surface area (Å²) in [7, 11) is 2.19. The molecule has 2 aliphatic rings. The Bertz CT molecular complexity index is 573. The van der Waals surface area contributed by atoms with Gasteiger partial charge >= 0.3 is 0 Å². The fourth-order valence-electron chi connectivity index (χ4n) is 3.82. The monoisotopic (exact) mass is 343 g/mol. The van der Waals surface area contributed by atoms with Gasteiger partial charge in [-0.2, -0.15) is 0 Å². The molecule has 0 aliphatic carbocycles. The number of hydrogen-bond acceptors (Lipinski definition) is 4. The Morgan fingerprint density at radius 1 is 1.23 bits per heavy atom. The van der Waals surface area contributed by atoms with E-state index in [1.165, 1.54) is 31.5 Å². The lowest BCUT2D eigenvalue weighted by Crippen LogP contribution is -2.52. The lowest BCUT2D eigenvalue weighted by molar-refractivity contribution is -0.384. The highest BCUT2D eigenvalue weighted by Gasteiger charge is 2.35. The molecule has 0 amide bonds. The fraction of sp³-hybridized carbons (Fsp3) is 0.600. The molecular weight excluding hydrogens is 325 g/mol. The van der Waals surface area contributed by atoms with E-state index in [1.807, 2.05) is 0 Å². The first kappa shape index (κ1) is 15.8. The van der Waals surface area contributed by atoms with Gasteiger partial charge in [-0.15, -0.1) is 0 Å². The minimum atomic E-state index is -0.468. The van der Waals surface area contributed by atoms with Gasteiger partial charge in [0, 0.05) is 31.3 Å². The van der Waals surface area contributed by atoms with Gasteiger partial charge in [0.1, 0.15) is 0 Å². The number of halogens is 2. The Balaban J connectivity index is 1.85. The quantitative estimate of drug-likeness (QED) is 0.604. The van der Waals surface area contributed by atoms with Gasteiger partial charge in [0.05, 0.1) is 20.7 Å². The van der Waals surface area contributed by atoms with Crippen LogP contribution in [0.1, 0.15) is 19.3 Å². The highest BCUT2D eigenvalue weighted by atomic mass is 35.5. The van der Waals surface area contributed by atoms with E-state index in [0.717, 1.165) is 25.2 Å². The van der Waals surface area contributed by atoms with Crippen molar-refractivity contribution < 1.29 is 4.92 Å². The Morgan fingerprint density at radius 2 is 1.91 bits per heavy atom. The average molecular weight is 344 g/mol. The molecule has 120 valence electrons. The highest BCUT2D eigenvalue weighted by Crippen LogP contribution is 2.40. The SMILES string of the molecule is CN1CCCC2CN(c3c(Cl)cc([N+](=O)[O-])cc3Cl)CCC21. The van der Waals surface area contributed by atoms with Gasteiger partial charge in [0.15, 0.2) is 0 Å². The molecule has 2 atom stereocenters. The summed E-state index contributed by atoms with van der Waals surface area (Å²) in [6, 6.07) is 3.41. The second-order valence-corrected chi connectivity index (χ2v) is 7.01. The van der Waals surface area contributed by atoms with Crippen LogP contribution in [-0.4, -0.2) is 42.5 Å². The van der Waals surface area contributed by atoms with Crippen LogP contribution in [0, 0.1) is 16.0 Å². The number of benzene rings is 1. The molecule has 2 heterocycles. The van der Waals surface area contributed by atoms with Crippen molar-refractivity contribution in [3.05, 3.63) is 32.3 Å². The molecule has 0 spiro atoms. The normalized spacial score (nSPS) is 25.9. The lowest BCUT2D eigenvalue weighted by atomic mass is 9.84. The van der Waals surface area contributed by atoms with Crippen molar-refractivity contribution in [3.8, 4) is 0 Å². The number of hydrogen-bond donors (Lipinski definition) is 0. The van der Waals surface area contributed by atoms with Gasteiger partial charge in [0.25, 0.3) is 5.69 Å². The van der Waals surface area contributed by atoms with Gasteiger partial charge < -0.3 is 9.80 Å². The van der Waals surface area contributed by atoms with Crippen molar-refractivity contribution >= 4 is 34.6 Å². The second kappa shape index (κ2) is 6.22. The average Bonchev–Trinajstić information content (AvgIpc) is 2.46. The van der Waals surface area contributed by atoms with Crippen LogP contribution in [-0.2, 0) is 0 Å². The molecule has 0 bridgehead atoms. The first-order valence-corrected chi connectivity index (χ1v) is 8.31. The fourth-order valence-corrected chi connectivity index (χ4v) is 4.53. The molecule has 0 N–H and O–H groups in total. The Kier molecular flexibility index (Phi) is 4.48. The number of rotatable bonds is 2. The minimum absolute atomic E-state index is 0.0639. The topological polar surface area (TPSA) is 49.6 Å². The maximum absolute atomic E-state index is 10.9. The number of piperidine rings is 2. The molecular formula is C15H19Cl2N3O2. The standard InChI is InChI=1S/C15H19Cl2N3O2/c1-18-5-2-3-10-9-19(6-4-14(10)18)15-12(16)7-11(20(21)22)8-13(15)17/h7-8,10,14H,2-6,9H2,1H3. The van der Waals surface area contributed by atoms with Crippen LogP contribution in [0.5, 0.6) is 0 Å². The summed E-state index contributed by atoms with van der Waals surface area (Å²) in [5, 5.41) is 11.6. The maximum Gasteiger partial charge on any atom is 0.272 e. The van der Waals surface area contributed by atoms with Gasteiger partial charge in [0.2, 0.25) is 0 Å². The summed E-state index contributed by atoms with van der Waals surface area (Å²) in [5.41, 5.74) is 0.673. The molecule has 1 aromatic carbocycles. The summed E-state index contributed by atoms with van der Waals surface area (Å²) in [4.78, 5) is 15.1. The highest BCUT2D eigenvalue weighted by molar-refractivity contribution is 6.39. The predicted molar refractivity (Wildman–Crippen MR) is 89.1 cm³/mol. The van der Waals surface area contributed by atoms with E-state index >= 15 is 0 Å². The zero-order chi connectivity index (χ0) is 15.9. The molecule has 22 heavy (non-hydrogen) atoms. The summed E-state index contributed by atoms with van der Waals surface area (Å²) in [6.45, 7) is 2.95. The van der Waals surface area contributed by atoms with E-state index in [0.29, 0.717) is 22.0 Å². The van der Waals surface area contributed by atoms with Crippen LogP contribution in [0.25, 0.3) is 0 Å². The summed E-state index contributed by atoms with van der Waals surface area (Å²) in [6.07, 6.45) is 3.51. The number of likely N-dealkylation sites (tertiary alicyclic amines) is 1. The van der Waals surface area contributed by atoms with Crippen molar-refractivity contribution in [2.75, 3.05) is 31.6 Å². The Labute approximate surface area is 139 Å². The van der Waals surface area contributed by atoms with Crippen LogP contribution < -0.4 is 4.90 Å². The van der Waals surface area contributed by atoms with Crippen LogP contribution in [0.4, 0.5) is 11.4 Å². The van der Waals surface area contributed by atoms with Crippen LogP contribution in [0.15, 0.2) is 12.1 Å². The number of nitro benzene ring substituents is 1. The van der Waals surface area contributed by atoms with Crippen LogP contribution in [0.2, 0.25) is 10.0 Å². The zero-order valence-electron chi connectivity index (χ0n) is 12.5. The summed E-state index contributed by atoms with van der Waals surface area (Å²) >= 11 is 12.5. The van der Waals surface area contributed by atoms with Gasteiger partial charge in [-0.3, -0.25) is 10.1 Å². The first-order valence-electron chi connectivity index (χ1n) is 7.56. The molecule has 0 saturated carbocycles.